The molecule has 0 amide bonds. The van der Waals surface area contributed by atoms with Crippen molar-refractivity contribution in [2.45, 2.75) is 52.5 Å². The second-order valence-corrected chi connectivity index (χ2v) is 4.72. The summed E-state index contributed by atoms with van der Waals surface area (Å²) in [6.45, 7) is 8.31. The predicted molar refractivity (Wildman–Crippen MR) is 59.3 cm³/mol. The second kappa shape index (κ2) is 4.75. The van der Waals surface area contributed by atoms with E-state index in [1.165, 1.54) is 0 Å². The summed E-state index contributed by atoms with van der Waals surface area (Å²) in [4.78, 5) is 4.28. The van der Waals surface area contributed by atoms with Crippen molar-refractivity contribution < 1.29 is 4.52 Å². The van der Waals surface area contributed by atoms with Gasteiger partial charge < -0.3 is 10.3 Å². The van der Waals surface area contributed by atoms with Crippen LogP contribution in [0.2, 0.25) is 0 Å². The van der Waals surface area contributed by atoms with E-state index in [-0.39, 0.29) is 0 Å². The Balaban J connectivity index is 2.67. The van der Waals surface area contributed by atoms with E-state index in [9.17, 15) is 0 Å². The third kappa shape index (κ3) is 3.30. The molecular weight excluding hydrogens is 190 g/mol. The standard InChI is InChI=1S/C11H21N3O/c1-5-9-13-10(14-15-9)11(4,12)7-6-8(2)3/h8H,5-7,12H2,1-4H3. The van der Waals surface area contributed by atoms with Gasteiger partial charge in [-0.25, -0.2) is 0 Å². The smallest absolute Gasteiger partial charge is 0.226 e. The minimum atomic E-state index is -0.471. The van der Waals surface area contributed by atoms with Crippen LogP contribution in [0.15, 0.2) is 4.52 Å². The highest BCUT2D eigenvalue weighted by Crippen LogP contribution is 2.22. The molecule has 0 aromatic carbocycles. The molecule has 1 rings (SSSR count). The monoisotopic (exact) mass is 211 g/mol. The fourth-order valence-corrected chi connectivity index (χ4v) is 1.33. The lowest BCUT2D eigenvalue weighted by atomic mass is 9.92. The molecule has 0 fully saturated rings. The molecule has 4 heteroatoms. The molecule has 2 N–H and O–H groups in total. The maximum atomic E-state index is 6.17. The molecule has 0 aliphatic heterocycles. The first-order valence-electron chi connectivity index (χ1n) is 5.57. The summed E-state index contributed by atoms with van der Waals surface area (Å²) in [6.07, 6.45) is 2.71. The Bertz CT molecular complexity index is 305. The van der Waals surface area contributed by atoms with Gasteiger partial charge >= 0.3 is 0 Å². The molecule has 0 bridgehead atoms. The molecule has 0 aliphatic rings. The van der Waals surface area contributed by atoms with Crippen molar-refractivity contribution in [2.75, 3.05) is 0 Å². The molecular formula is C11H21N3O. The number of hydrogen-bond acceptors (Lipinski definition) is 4. The van der Waals surface area contributed by atoms with Crippen molar-refractivity contribution in [3.8, 4) is 0 Å². The molecule has 0 saturated carbocycles. The Morgan fingerprint density at radius 2 is 2.13 bits per heavy atom. The van der Waals surface area contributed by atoms with E-state index in [2.05, 4.69) is 24.0 Å². The number of nitrogens with zero attached hydrogens (tertiary/aromatic N) is 2. The lowest BCUT2D eigenvalue weighted by Crippen LogP contribution is -2.34. The van der Waals surface area contributed by atoms with Crippen LogP contribution >= 0.6 is 0 Å². The van der Waals surface area contributed by atoms with Crippen molar-refractivity contribution in [1.82, 2.24) is 10.1 Å². The highest BCUT2D eigenvalue weighted by molar-refractivity contribution is 5.01. The summed E-state index contributed by atoms with van der Waals surface area (Å²) in [7, 11) is 0. The molecule has 0 spiro atoms. The Morgan fingerprint density at radius 1 is 1.47 bits per heavy atom. The average molecular weight is 211 g/mol. The van der Waals surface area contributed by atoms with E-state index in [1.807, 2.05) is 13.8 Å². The molecule has 86 valence electrons. The van der Waals surface area contributed by atoms with Crippen LogP contribution in [0.5, 0.6) is 0 Å². The minimum Gasteiger partial charge on any atom is -0.339 e. The van der Waals surface area contributed by atoms with Crippen LogP contribution in [0.3, 0.4) is 0 Å². The summed E-state index contributed by atoms with van der Waals surface area (Å²) in [5.74, 6) is 1.93. The van der Waals surface area contributed by atoms with Gasteiger partial charge in [0.1, 0.15) is 0 Å². The molecule has 1 heterocycles. The quantitative estimate of drug-likeness (QED) is 0.811. The van der Waals surface area contributed by atoms with E-state index in [1.54, 1.807) is 0 Å². The number of rotatable bonds is 5. The summed E-state index contributed by atoms with van der Waals surface area (Å²) in [5.41, 5.74) is 5.70. The fourth-order valence-electron chi connectivity index (χ4n) is 1.33. The number of hydrogen-bond donors (Lipinski definition) is 1. The van der Waals surface area contributed by atoms with Crippen molar-refractivity contribution in [3.05, 3.63) is 11.7 Å². The molecule has 0 saturated heterocycles. The van der Waals surface area contributed by atoms with Crippen LogP contribution in [-0.2, 0) is 12.0 Å². The van der Waals surface area contributed by atoms with Crippen LogP contribution in [0.4, 0.5) is 0 Å². The van der Waals surface area contributed by atoms with Crippen LogP contribution in [0, 0.1) is 5.92 Å². The largest absolute Gasteiger partial charge is 0.339 e. The molecule has 0 aliphatic carbocycles. The van der Waals surface area contributed by atoms with Gasteiger partial charge in [-0.3, -0.25) is 0 Å². The highest BCUT2D eigenvalue weighted by Gasteiger charge is 2.27. The molecule has 1 atom stereocenters. The Morgan fingerprint density at radius 3 is 2.60 bits per heavy atom. The van der Waals surface area contributed by atoms with Gasteiger partial charge in [-0.1, -0.05) is 25.9 Å². The first kappa shape index (κ1) is 12.2. The summed E-state index contributed by atoms with van der Waals surface area (Å²) >= 11 is 0. The zero-order chi connectivity index (χ0) is 11.5. The van der Waals surface area contributed by atoms with Crippen molar-refractivity contribution in [2.24, 2.45) is 11.7 Å². The number of nitrogens with two attached hydrogens (primary N) is 1. The molecule has 0 radical (unpaired) electrons. The third-order valence-electron chi connectivity index (χ3n) is 2.52. The second-order valence-electron chi connectivity index (χ2n) is 4.72. The third-order valence-corrected chi connectivity index (χ3v) is 2.52. The van der Waals surface area contributed by atoms with Crippen molar-refractivity contribution >= 4 is 0 Å². The van der Waals surface area contributed by atoms with Gasteiger partial charge in [-0.2, -0.15) is 4.98 Å². The van der Waals surface area contributed by atoms with Crippen LogP contribution in [0.25, 0.3) is 0 Å². The summed E-state index contributed by atoms with van der Waals surface area (Å²) < 4.78 is 5.07. The first-order chi connectivity index (χ1) is 6.95. The Hall–Kier alpha value is -0.900. The summed E-state index contributed by atoms with van der Waals surface area (Å²) in [6, 6.07) is 0. The lowest BCUT2D eigenvalue weighted by Gasteiger charge is -2.21. The number of aryl methyl sites for hydroxylation is 1. The Labute approximate surface area is 91.2 Å². The van der Waals surface area contributed by atoms with E-state index in [0.29, 0.717) is 17.6 Å². The number of aromatic nitrogens is 2. The molecule has 1 aromatic heterocycles. The van der Waals surface area contributed by atoms with Gasteiger partial charge in [0.15, 0.2) is 5.82 Å². The Kier molecular flexibility index (Phi) is 3.85. The maximum absolute atomic E-state index is 6.17. The van der Waals surface area contributed by atoms with E-state index < -0.39 is 5.54 Å². The normalized spacial score (nSPS) is 15.6. The van der Waals surface area contributed by atoms with Gasteiger partial charge in [0, 0.05) is 6.42 Å². The lowest BCUT2D eigenvalue weighted by molar-refractivity contribution is 0.337. The molecule has 1 aromatic rings. The SMILES string of the molecule is CCc1nc(C(C)(N)CCC(C)C)no1. The van der Waals surface area contributed by atoms with E-state index in [0.717, 1.165) is 19.3 Å². The van der Waals surface area contributed by atoms with E-state index in [4.69, 9.17) is 10.3 Å². The molecule has 4 nitrogen and oxygen atoms in total. The summed E-state index contributed by atoms with van der Waals surface area (Å²) in [5, 5.41) is 3.93. The molecule has 1 unspecified atom stereocenters. The van der Waals surface area contributed by atoms with Gasteiger partial charge in [0.05, 0.1) is 5.54 Å². The zero-order valence-corrected chi connectivity index (χ0v) is 10.1. The topological polar surface area (TPSA) is 64.9 Å². The van der Waals surface area contributed by atoms with Gasteiger partial charge in [0.25, 0.3) is 0 Å². The van der Waals surface area contributed by atoms with Gasteiger partial charge in [0.2, 0.25) is 5.89 Å². The van der Waals surface area contributed by atoms with Crippen molar-refractivity contribution in [3.63, 3.8) is 0 Å². The maximum Gasteiger partial charge on any atom is 0.226 e. The van der Waals surface area contributed by atoms with Crippen LogP contribution in [0.1, 0.15) is 52.3 Å². The average Bonchev–Trinajstić information content (AvgIpc) is 2.63. The predicted octanol–water partition coefficient (Wildman–Crippen LogP) is 2.24. The minimum absolute atomic E-state index is 0.471. The molecule has 15 heavy (non-hydrogen) atoms. The van der Waals surface area contributed by atoms with Gasteiger partial charge in [-0.15, -0.1) is 0 Å². The van der Waals surface area contributed by atoms with Gasteiger partial charge in [-0.05, 0) is 25.7 Å². The van der Waals surface area contributed by atoms with E-state index >= 15 is 0 Å². The van der Waals surface area contributed by atoms with Crippen molar-refractivity contribution in [1.29, 1.82) is 0 Å². The van der Waals surface area contributed by atoms with Crippen LogP contribution in [-0.4, -0.2) is 10.1 Å². The zero-order valence-electron chi connectivity index (χ0n) is 10.1. The first-order valence-corrected chi connectivity index (χ1v) is 5.57. The fraction of sp³-hybridized carbons (Fsp3) is 0.818. The highest BCUT2D eigenvalue weighted by atomic mass is 16.5. The van der Waals surface area contributed by atoms with Crippen LogP contribution < -0.4 is 5.73 Å².